The van der Waals surface area contributed by atoms with E-state index in [9.17, 15) is 4.79 Å². The van der Waals surface area contributed by atoms with Gasteiger partial charge in [0.15, 0.2) is 0 Å². The summed E-state index contributed by atoms with van der Waals surface area (Å²) in [6, 6.07) is 0.0895. The van der Waals surface area contributed by atoms with Crippen LogP contribution in [0.1, 0.15) is 45.4 Å². The van der Waals surface area contributed by atoms with Gasteiger partial charge in [0.25, 0.3) is 0 Å². The Hall–Kier alpha value is -1.23. The topological polar surface area (TPSA) is 29.1 Å². The molecule has 1 aliphatic rings. The largest absolute Gasteiger partial charge is 0.352 e. The Morgan fingerprint density at radius 3 is 3.07 bits per heavy atom. The van der Waals surface area contributed by atoms with Crippen molar-refractivity contribution in [2.75, 3.05) is 0 Å². The minimum atomic E-state index is 0.0895. The molecule has 0 fully saturated rings. The number of carbonyl (C=O) groups excluding carboxylic acids is 1. The van der Waals surface area contributed by atoms with Crippen molar-refractivity contribution in [1.29, 1.82) is 0 Å². The van der Waals surface area contributed by atoms with Crippen molar-refractivity contribution in [1.82, 2.24) is 5.32 Å². The van der Waals surface area contributed by atoms with Crippen LogP contribution in [-0.4, -0.2) is 11.9 Å². The van der Waals surface area contributed by atoms with Gasteiger partial charge in [-0.1, -0.05) is 11.6 Å². The van der Waals surface area contributed by atoms with Gasteiger partial charge < -0.3 is 5.32 Å². The Morgan fingerprint density at radius 2 is 2.47 bits per heavy atom. The standard InChI is InChI=1S/C13H19NO/c1-3-7-11(2)14-13(15)10-12-8-5-4-6-9-12/h1,8,11H,4-7,9-10H2,2H3,(H,14,15). The third-order valence-electron chi connectivity index (χ3n) is 2.60. The second-order valence-corrected chi connectivity index (χ2v) is 4.16. The smallest absolute Gasteiger partial charge is 0.224 e. The maximum atomic E-state index is 11.6. The maximum Gasteiger partial charge on any atom is 0.224 e. The number of terminal acetylenes is 1. The molecule has 0 saturated heterocycles. The van der Waals surface area contributed by atoms with Gasteiger partial charge in [0.05, 0.1) is 0 Å². The van der Waals surface area contributed by atoms with Gasteiger partial charge in [-0.3, -0.25) is 4.79 Å². The molecular formula is C13H19NO. The summed E-state index contributed by atoms with van der Waals surface area (Å²) in [7, 11) is 0. The summed E-state index contributed by atoms with van der Waals surface area (Å²) < 4.78 is 0. The molecule has 0 radical (unpaired) electrons. The van der Waals surface area contributed by atoms with Gasteiger partial charge in [0.1, 0.15) is 0 Å². The Balaban J connectivity index is 2.29. The van der Waals surface area contributed by atoms with E-state index in [1.807, 2.05) is 6.92 Å². The van der Waals surface area contributed by atoms with Crippen LogP contribution in [0.5, 0.6) is 0 Å². The number of hydrogen-bond donors (Lipinski definition) is 1. The second kappa shape index (κ2) is 6.29. The summed E-state index contributed by atoms with van der Waals surface area (Å²) in [4.78, 5) is 11.6. The Bertz CT molecular complexity index is 285. The third kappa shape index (κ3) is 4.69. The average molecular weight is 205 g/mol. The molecule has 1 unspecified atom stereocenters. The molecule has 1 aliphatic carbocycles. The normalized spacial score (nSPS) is 17.5. The Morgan fingerprint density at radius 1 is 1.67 bits per heavy atom. The monoisotopic (exact) mass is 205 g/mol. The van der Waals surface area contributed by atoms with E-state index >= 15 is 0 Å². The summed E-state index contributed by atoms with van der Waals surface area (Å²) in [5.41, 5.74) is 1.28. The van der Waals surface area contributed by atoms with Crippen molar-refractivity contribution in [3.8, 4) is 12.3 Å². The lowest BCUT2D eigenvalue weighted by Crippen LogP contribution is -2.32. The molecule has 2 nitrogen and oxygen atoms in total. The van der Waals surface area contributed by atoms with Gasteiger partial charge in [0, 0.05) is 18.9 Å². The fourth-order valence-electron chi connectivity index (χ4n) is 1.83. The number of amides is 1. The van der Waals surface area contributed by atoms with E-state index in [0.717, 1.165) is 12.8 Å². The van der Waals surface area contributed by atoms with Crippen molar-refractivity contribution >= 4 is 5.91 Å². The Kier molecular flexibility index (Phi) is 4.97. The van der Waals surface area contributed by atoms with Crippen molar-refractivity contribution in [3.05, 3.63) is 11.6 Å². The number of rotatable bonds is 4. The predicted octanol–water partition coefficient (Wildman–Crippen LogP) is 2.40. The molecule has 0 bridgehead atoms. The van der Waals surface area contributed by atoms with Crippen LogP contribution in [0.4, 0.5) is 0 Å². The first kappa shape index (κ1) is 11.8. The van der Waals surface area contributed by atoms with Crippen LogP contribution in [0.3, 0.4) is 0 Å². The highest BCUT2D eigenvalue weighted by molar-refractivity contribution is 5.78. The van der Waals surface area contributed by atoms with Crippen LogP contribution in [0.2, 0.25) is 0 Å². The van der Waals surface area contributed by atoms with Gasteiger partial charge in [-0.05, 0) is 32.6 Å². The molecule has 0 spiro atoms. The van der Waals surface area contributed by atoms with Crippen molar-refractivity contribution in [3.63, 3.8) is 0 Å². The van der Waals surface area contributed by atoms with Crippen LogP contribution in [-0.2, 0) is 4.79 Å². The van der Waals surface area contributed by atoms with E-state index in [2.05, 4.69) is 17.3 Å². The number of nitrogens with one attached hydrogen (secondary N) is 1. The molecule has 1 N–H and O–H groups in total. The quantitative estimate of drug-likeness (QED) is 0.554. The summed E-state index contributed by atoms with van der Waals surface area (Å²) in [6.07, 6.45) is 13.2. The zero-order chi connectivity index (χ0) is 11.1. The molecule has 1 rings (SSSR count). The lowest BCUT2D eigenvalue weighted by atomic mass is 9.97. The lowest BCUT2D eigenvalue weighted by molar-refractivity contribution is -0.121. The van der Waals surface area contributed by atoms with Gasteiger partial charge >= 0.3 is 0 Å². The first-order valence-electron chi connectivity index (χ1n) is 5.63. The molecule has 2 heteroatoms. The van der Waals surface area contributed by atoms with Gasteiger partial charge in [0.2, 0.25) is 5.91 Å². The molecule has 0 aromatic heterocycles. The van der Waals surface area contributed by atoms with E-state index < -0.39 is 0 Å². The van der Waals surface area contributed by atoms with E-state index in [0.29, 0.717) is 12.8 Å². The molecule has 1 amide bonds. The van der Waals surface area contributed by atoms with Crippen LogP contribution in [0, 0.1) is 12.3 Å². The molecule has 0 saturated carbocycles. The number of hydrogen-bond acceptors (Lipinski definition) is 1. The molecule has 82 valence electrons. The SMILES string of the molecule is C#CCC(C)NC(=O)CC1=CCCCC1. The number of carbonyl (C=O) groups is 1. The zero-order valence-corrected chi connectivity index (χ0v) is 9.38. The maximum absolute atomic E-state index is 11.6. The van der Waals surface area contributed by atoms with E-state index in [-0.39, 0.29) is 11.9 Å². The average Bonchev–Trinajstić information content (AvgIpc) is 2.19. The first-order valence-corrected chi connectivity index (χ1v) is 5.63. The van der Waals surface area contributed by atoms with E-state index in [4.69, 9.17) is 6.42 Å². The summed E-state index contributed by atoms with van der Waals surface area (Å²) >= 11 is 0. The Labute approximate surface area is 92.1 Å². The molecular weight excluding hydrogens is 186 g/mol. The van der Waals surface area contributed by atoms with Crippen LogP contribution in [0.25, 0.3) is 0 Å². The third-order valence-corrected chi connectivity index (χ3v) is 2.60. The fraction of sp³-hybridized carbons (Fsp3) is 0.615. The highest BCUT2D eigenvalue weighted by Crippen LogP contribution is 2.19. The van der Waals surface area contributed by atoms with Crippen LogP contribution >= 0.6 is 0 Å². The van der Waals surface area contributed by atoms with Crippen molar-refractivity contribution in [2.24, 2.45) is 0 Å². The molecule has 0 heterocycles. The van der Waals surface area contributed by atoms with Crippen molar-refractivity contribution < 1.29 is 4.79 Å². The highest BCUT2D eigenvalue weighted by atomic mass is 16.1. The van der Waals surface area contributed by atoms with E-state index in [1.54, 1.807) is 0 Å². The van der Waals surface area contributed by atoms with Gasteiger partial charge in [-0.2, -0.15) is 0 Å². The predicted molar refractivity (Wildman–Crippen MR) is 62.2 cm³/mol. The van der Waals surface area contributed by atoms with Gasteiger partial charge in [-0.25, -0.2) is 0 Å². The first-order chi connectivity index (χ1) is 7.22. The lowest BCUT2D eigenvalue weighted by Gasteiger charge is -2.14. The van der Waals surface area contributed by atoms with Gasteiger partial charge in [-0.15, -0.1) is 12.3 Å². The minimum Gasteiger partial charge on any atom is -0.352 e. The highest BCUT2D eigenvalue weighted by Gasteiger charge is 2.10. The molecule has 0 aromatic rings. The molecule has 0 aliphatic heterocycles. The molecule has 0 aromatic carbocycles. The summed E-state index contributed by atoms with van der Waals surface area (Å²) in [5.74, 6) is 2.65. The zero-order valence-electron chi connectivity index (χ0n) is 9.38. The number of allylic oxidation sites excluding steroid dienone is 1. The van der Waals surface area contributed by atoms with Crippen molar-refractivity contribution in [2.45, 2.75) is 51.5 Å². The fourth-order valence-corrected chi connectivity index (χ4v) is 1.83. The summed E-state index contributed by atoms with van der Waals surface area (Å²) in [6.45, 7) is 1.94. The van der Waals surface area contributed by atoms with E-state index in [1.165, 1.54) is 18.4 Å². The van der Waals surface area contributed by atoms with Crippen LogP contribution in [0.15, 0.2) is 11.6 Å². The second-order valence-electron chi connectivity index (χ2n) is 4.16. The molecule has 15 heavy (non-hydrogen) atoms. The minimum absolute atomic E-state index is 0.0895. The summed E-state index contributed by atoms with van der Waals surface area (Å²) in [5, 5.41) is 2.91. The van der Waals surface area contributed by atoms with Crippen LogP contribution < -0.4 is 5.32 Å². The molecule has 1 atom stereocenters.